The minimum absolute atomic E-state index is 0.000624. The van der Waals surface area contributed by atoms with Crippen LogP contribution in [0.1, 0.15) is 62.3 Å². The van der Waals surface area contributed by atoms with Gasteiger partial charge in [0.25, 0.3) is 0 Å². The van der Waals surface area contributed by atoms with Gasteiger partial charge in [0.1, 0.15) is 18.1 Å². The lowest BCUT2D eigenvalue weighted by molar-refractivity contribution is -0.140. The summed E-state index contributed by atoms with van der Waals surface area (Å²) in [5, 5.41) is 11.2. The average Bonchev–Trinajstić information content (AvgIpc) is 3.64. The number of allylic oxidation sites excluding steroid dienone is 2. The summed E-state index contributed by atoms with van der Waals surface area (Å²) in [6.45, 7) is 5.06. The molecule has 186 valence electrons. The zero-order chi connectivity index (χ0) is 24.5. The number of thiophene rings is 1. The first-order valence-electron chi connectivity index (χ1n) is 12.6. The molecule has 0 radical (unpaired) electrons. The fourth-order valence-corrected chi connectivity index (χ4v) is 6.77. The Hall–Kier alpha value is -2.48. The lowest BCUT2D eigenvalue weighted by atomic mass is 9.70. The van der Waals surface area contributed by atoms with Gasteiger partial charge in [-0.2, -0.15) is 0 Å². The number of imide groups is 1. The topological polar surface area (TPSA) is 80.0 Å². The number of nitrogens with zero attached hydrogens (tertiary/aromatic N) is 1. The molecule has 0 spiro atoms. The van der Waals surface area contributed by atoms with E-state index in [1.54, 1.807) is 17.4 Å². The zero-order valence-electron chi connectivity index (χ0n) is 20.4. The maximum atomic E-state index is 13.4. The first kappa shape index (κ1) is 24.2. The van der Waals surface area contributed by atoms with Gasteiger partial charge < -0.3 is 14.3 Å². The second kappa shape index (κ2) is 10.2. The quantitative estimate of drug-likeness (QED) is 0.376. The van der Waals surface area contributed by atoms with E-state index in [4.69, 9.17) is 9.15 Å². The first-order valence-corrected chi connectivity index (χ1v) is 13.5. The third-order valence-electron chi connectivity index (χ3n) is 7.62. The van der Waals surface area contributed by atoms with Gasteiger partial charge in [-0.25, -0.2) is 0 Å². The van der Waals surface area contributed by atoms with Gasteiger partial charge in [0.15, 0.2) is 0 Å². The zero-order valence-corrected chi connectivity index (χ0v) is 21.2. The van der Waals surface area contributed by atoms with Crippen LogP contribution in [0.15, 0.2) is 50.8 Å². The van der Waals surface area contributed by atoms with Crippen LogP contribution >= 0.6 is 11.3 Å². The third kappa shape index (κ3) is 4.69. The fraction of sp³-hybridized carbons (Fsp3) is 0.500. The van der Waals surface area contributed by atoms with Crippen LogP contribution in [0.4, 0.5) is 0 Å². The molecule has 2 aliphatic heterocycles. The van der Waals surface area contributed by atoms with Crippen molar-refractivity contribution in [3.8, 4) is 0 Å². The monoisotopic (exact) mass is 495 g/mol. The highest BCUT2D eigenvalue weighted by Crippen LogP contribution is 2.50. The molecule has 0 unspecified atom stereocenters. The Balaban J connectivity index is 1.30. The molecule has 2 amide bonds. The molecule has 2 fully saturated rings. The molecule has 5 rings (SSSR count). The van der Waals surface area contributed by atoms with Gasteiger partial charge in [-0.05, 0) is 67.8 Å². The number of rotatable bonds is 9. The maximum absolute atomic E-state index is 13.4. The van der Waals surface area contributed by atoms with Gasteiger partial charge in [-0.1, -0.05) is 30.6 Å². The van der Waals surface area contributed by atoms with Crippen LogP contribution in [-0.4, -0.2) is 34.5 Å². The summed E-state index contributed by atoms with van der Waals surface area (Å²) in [4.78, 5) is 29.1. The summed E-state index contributed by atoms with van der Waals surface area (Å²) >= 11 is 1.58. The van der Waals surface area contributed by atoms with Gasteiger partial charge in [-0.15, -0.1) is 11.3 Å². The van der Waals surface area contributed by atoms with Gasteiger partial charge in [0, 0.05) is 10.8 Å². The minimum Gasteiger partial charge on any atom is -0.459 e. The smallest absolute Gasteiger partial charge is 0.234 e. The van der Waals surface area contributed by atoms with Gasteiger partial charge >= 0.3 is 0 Å². The number of hydrogen-bond acceptors (Lipinski definition) is 6. The van der Waals surface area contributed by atoms with Crippen LogP contribution in [0, 0.1) is 17.8 Å². The largest absolute Gasteiger partial charge is 0.459 e. The lowest BCUT2D eigenvalue weighted by Gasteiger charge is -2.30. The van der Waals surface area contributed by atoms with Crippen molar-refractivity contribution in [3.63, 3.8) is 0 Å². The average molecular weight is 496 g/mol. The number of aliphatic hydroxyl groups excluding tert-OH is 1. The number of carbonyl (C=O) groups is 2. The van der Waals surface area contributed by atoms with E-state index in [1.807, 2.05) is 23.6 Å². The molecule has 0 bridgehead atoms. The second-order valence-corrected chi connectivity index (χ2v) is 10.9. The number of carbonyl (C=O) groups excluding carboxylic acids is 2. The molecule has 2 saturated heterocycles. The van der Waals surface area contributed by atoms with E-state index >= 15 is 0 Å². The molecule has 1 N–H and O–H groups in total. The number of ether oxygens (including phenoxy) is 1. The molecule has 35 heavy (non-hydrogen) atoms. The highest BCUT2D eigenvalue weighted by atomic mass is 32.1. The molecule has 4 atom stereocenters. The summed E-state index contributed by atoms with van der Waals surface area (Å²) in [5.41, 5.74) is 3.76. The summed E-state index contributed by atoms with van der Waals surface area (Å²) in [6.07, 6.45) is 6.45. The van der Waals surface area contributed by atoms with E-state index < -0.39 is 0 Å². The van der Waals surface area contributed by atoms with Gasteiger partial charge in [0.2, 0.25) is 11.8 Å². The van der Waals surface area contributed by atoms with E-state index in [0.717, 1.165) is 36.3 Å². The summed E-state index contributed by atoms with van der Waals surface area (Å²) in [7, 11) is 0. The first-order chi connectivity index (χ1) is 17.0. The molecule has 4 heterocycles. The molecule has 3 aliphatic rings. The highest BCUT2D eigenvalue weighted by Gasteiger charge is 2.56. The number of fused-ring (bicyclic) bond motifs is 3. The predicted molar refractivity (Wildman–Crippen MR) is 134 cm³/mol. The Bertz CT molecular complexity index is 1140. The third-order valence-corrected chi connectivity index (χ3v) is 8.48. The van der Waals surface area contributed by atoms with Crippen LogP contribution in [0.3, 0.4) is 0 Å². The van der Waals surface area contributed by atoms with Crippen molar-refractivity contribution in [1.82, 2.24) is 4.90 Å². The number of aliphatic hydroxyl groups is 1. The molecule has 7 heteroatoms. The van der Waals surface area contributed by atoms with Crippen molar-refractivity contribution >= 4 is 29.2 Å². The second-order valence-electron chi connectivity index (χ2n) is 9.90. The van der Waals surface area contributed by atoms with E-state index in [1.165, 1.54) is 21.6 Å². The number of hydrogen-bond donors (Lipinski definition) is 1. The summed E-state index contributed by atoms with van der Waals surface area (Å²) in [6, 6.07) is 7.62. The standard InChI is InChI=1S/C28H33NO5S/c1-3-5-18(13-19-8-9-20(15-30)34-19)7-10-24-25-17(2)12-22-26(23(25)16-33-24)28(32)29(27(22)31)14-21-6-4-11-35-21/h4,6,8-9,11,13,22-24,26,30H,3,5,7,10,12,14-16H2,1-2H3/b18-13+/t22-,23+,24-,26-/m1/s1. The van der Waals surface area contributed by atoms with E-state index in [-0.39, 0.29) is 42.3 Å². The Labute approximate surface area is 210 Å². The van der Waals surface area contributed by atoms with Crippen molar-refractivity contribution < 1.29 is 23.8 Å². The van der Waals surface area contributed by atoms with Crippen molar-refractivity contribution in [2.75, 3.05) is 6.61 Å². The Kier molecular flexibility index (Phi) is 7.09. The van der Waals surface area contributed by atoms with E-state index in [0.29, 0.717) is 25.3 Å². The summed E-state index contributed by atoms with van der Waals surface area (Å²) < 4.78 is 11.9. The molecular weight excluding hydrogens is 462 g/mol. The Morgan fingerprint density at radius 2 is 2.06 bits per heavy atom. The molecule has 2 aromatic heterocycles. The number of amides is 2. The normalized spacial score (nSPS) is 26.6. The van der Waals surface area contributed by atoms with Crippen LogP contribution in [0.5, 0.6) is 0 Å². The van der Waals surface area contributed by atoms with Crippen molar-refractivity contribution in [1.29, 1.82) is 0 Å². The molecule has 1 aliphatic carbocycles. The summed E-state index contributed by atoms with van der Waals surface area (Å²) in [5.74, 6) is 0.723. The molecule has 0 aromatic carbocycles. The lowest BCUT2D eigenvalue weighted by Crippen LogP contribution is -2.34. The van der Waals surface area contributed by atoms with Gasteiger partial charge in [-0.3, -0.25) is 14.5 Å². The van der Waals surface area contributed by atoms with Crippen LogP contribution in [-0.2, 0) is 27.5 Å². The maximum Gasteiger partial charge on any atom is 0.234 e. The predicted octanol–water partition coefficient (Wildman–Crippen LogP) is 5.33. The SMILES string of the molecule is CCC/C(=C\c1ccc(CO)o1)CC[C@H]1OC[C@H]2C1=C(C)C[C@H]1C(=O)N(Cc3cccs3)C(=O)[C@H]12. The van der Waals surface area contributed by atoms with Crippen LogP contribution in [0.25, 0.3) is 6.08 Å². The van der Waals surface area contributed by atoms with Gasteiger partial charge in [0.05, 0.1) is 31.1 Å². The molecule has 0 saturated carbocycles. The van der Waals surface area contributed by atoms with Crippen molar-refractivity contribution in [2.24, 2.45) is 17.8 Å². The van der Waals surface area contributed by atoms with Crippen LogP contribution in [0.2, 0.25) is 0 Å². The van der Waals surface area contributed by atoms with E-state index in [9.17, 15) is 14.7 Å². The van der Waals surface area contributed by atoms with Crippen LogP contribution < -0.4 is 0 Å². The fourth-order valence-electron chi connectivity index (χ4n) is 6.07. The van der Waals surface area contributed by atoms with E-state index in [2.05, 4.69) is 19.9 Å². The minimum atomic E-state index is -0.295. The Morgan fingerprint density at radius 1 is 1.20 bits per heavy atom. The number of furan rings is 1. The Morgan fingerprint density at radius 3 is 2.77 bits per heavy atom. The molecule has 2 aromatic rings. The number of likely N-dealkylation sites (tertiary alicyclic amines) is 1. The molecule has 6 nitrogen and oxygen atoms in total. The van der Waals surface area contributed by atoms with Crippen molar-refractivity contribution in [3.05, 3.63) is 62.8 Å². The highest BCUT2D eigenvalue weighted by molar-refractivity contribution is 7.09. The van der Waals surface area contributed by atoms with Crippen molar-refractivity contribution in [2.45, 2.75) is 65.2 Å². The molecular formula is C28H33NO5S.